The molecule has 112 valence electrons. The van der Waals surface area contributed by atoms with Crippen molar-refractivity contribution in [2.24, 2.45) is 16.6 Å². The molecule has 3 N–H and O–H groups in total. The highest BCUT2D eigenvalue weighted by atomic mass is 127. The molecule has 20 heavy (non-hydrogen) atoms. The summed E-state index contributed by atoms with van der Waals surface area (Å²) in [6.45, 7) is 1.48. The Morgan fingerprint density at radius 1 is 1.30 bits per heavy atom. The van der Waals surface area contributed by atoms with Crippen molar-refractivity contribution in [3.05, 3.63) is 17.0 Å². The molecule has 0 amide bonds. The highest BCUT2D eigenvalue weighted by Crippen LogP contribution is 2.25. The van der Waals surface area contributed by atoms with Gasteiger partial charge < -0.3 is 15.6 Å². The van der Waals surface area contributed by atoms with Gasteiger partial charge in [0.25, 0.3) is 0 Å². The van der Waals surface area contributed by atoms with Gasteiger partial charge in [0.05, 0.1) is 6.54 Å². The minimum atomic E-state index is 0. The molecule has 2 aliphatic rings. The van der Waals surface area contributed by atoms with E-state index in [0.717, 1.165) is 36.8 Å². The van der Waals surface area contributed by atoms with Crippen LogP contribution in [0.25, 0.3) is 0 Å². The molecule has 0 unspecified atom stereocenters. The number of nitrogens with one attached hydrogen (secondary N) is 1. The molecule has 1 aromatic rings. The average molecular weight is 390 g/mol. The summed E-state index contributed by atoms with van der Waals surface area (Å²) in [6.07, 6.45) is 8.50. The van der Waals surface area contributed by atoms with Crippen LogP contribution in [-0.2, 0) is 19.4 Å². The maximum absolute atomic E-state index is 5.87. The van der Waals surface area contributed by atoms with Gasteiger partial charge in [-0.2, -0.15) is 0 Å². The topological polar surface area (TPSA) is 76.4 Å². The van der Waals surface area contributed by atoms with Crippen LogP contribution in [0.5, 0.6) is 0 Å². The summed E-state index contributed by atoms with van der Waals surface area (Å²) in [5, 5.41) is 7.32. The van der Waals surface area contributed by atoms with E-state index in [2.05, 4.69) is 15.5 Å². The van der Waals surface area contributed by atoms with Gasteiger partial charge in [0.2, 0.25) is 0 Å². The second kappa shape index (κ2) is 7.28. The third-order valence-electron chi connectivity index (χ3n) is 4.23. The summed E-state index contributed by atoms with van der Waals surface area (Å²) in [5.74, 6) is 2.37. The van der Waals surface area contributed by atoms with Gasteiger partial charge in [-0.3, -0.25) is 0 Å². The van der Waals surface area contributed by atoms with Crippen molar-refractivity contribution in [3.63, 3.8) is 0 Å². The van der Waals surface area contributed by atoms with E-state index in [1.165, 1.54) is 37.7 Å². The molecular formula is C14H23IN4O. The van der Waals surface area contributed by atoms with Gasteiger partial charge in [-0.25, -0.2) is 4.99 Å². The van der Waals surface area contributed by atoms with E-state index in [9.17, 15) is 0 Å². The summed E-state index contributed by atoms with van der Waals surface area (Å²) in [6, 6.07) is 0. The predicted octanol–water partition coefficient (Wildman–Crippen LogP) is 2.38. The van der Waals surface area contributed by atoms with Crippen LogP contribution in [0.1, 0.15) is 49.1 Å². The molecule has 1 aromatic heterocycles. The van der Waals surface area contributed by atoms with Crippen molar-refractivity contribution in [3.8, 4) is 0 Å². The van der Waals surface area contributed by atoms with E-state index in [0.29, 0.717) is 12.5 Å². The lowest BCUT2D eigenvalue weighted by atomic mass is 9.85. The number of aromatic nitrogens is 1. The quantitative estimate of drug-likeness (QED) is 0.470. The average Bonchev–Trinajstić information content (AvgIpc) is 2.78. The molecule has 0 aromatic carbocycles. The Morgan fingerprint density at radius 2 is 2.10 bits per heavy atom. The van der Waals surface area contributed by atoms with E-state index in [1.54, 1.807) is 0 Å². The van der Waals surface area contributed by atoms with Crippen molar-refractivity contribution in [2.75, 3.05) is 6.54 Å². The zero-order valence-electron chi connectivity index (χ0n) is 11.7. The van der Waals surface area contributed by atoms with E-state index >= 15 is 0 Å². The largest absolute Gasteiger partial charge is 0.370 e. The van der Waals surface area contributed by atoms with Crippen molar-refractivity contribution >= 4 is 29.9 Å². The Hall–Kier alpha value is -0.790. The second-order valence-corrected chi connectivity index (χ2v) is 5.62. The fourth-order valence-corrected chi connectivity index (χ4v) is 2.73. The number of aryl methyl sites for hydroxylation is 1. The number of hydrogen-bond donors (Lipinski definition) is 2. The summed E-state index contributed by atoms with van der Waals surface area (Å²) in [7, 11) is 0. The van der Waals surface area contributed by atoms with Crippen LogP contribution in [0.2, 0.25) is 0 Å². The Balaban J connectivity index is 0.00000147. The molecule has 0 aliphatic heterocycles. The number of nitrogens with zero attached hydrogens (tertiary/aromatic N) is 2. The standard InChI is InChI=1S/C14H22N4O.HI/c15-14(16-8-10-4-3-5-10)17-9-12-11-6-1-2-7-13(11)19-18-12;/h10H,1-9H2,(H3,15,16,17);1H. The monoisotopic (exact) mass is 390 g/mol. The van der Waals surface area contributed by atoms with Gasteiger partial charge in [-0.1, -0.05) is 11.6 Å². The molecule has 0 atom stereocenters. The number of fused-ring (bicyclic) bond motifs is 1. The highest BCUT2D eigenvalue weighted by molar-refractivity contribution is 14.0. The van der Waals surface area contributed by atoms with Crippen molar-refractivity contribution < 1.29 is 4.52 Å². The molecule has 0 bridgehead atoms. The van der Waals surface area contributed by atoms with E-state index in [4.69, 9.17) is 10.3 Å². The van der Waals surface area contributed by atoms with Crippen LogP contribution in [0, 0.1) is 5.92 Å². The molecule has 1 fully saturated rings. The molecule has 0 spiro atoms. The lowest BCUT2D eigenvalue weighted by molar-refractivity contribution is 0.315. The number of aliphatic imine (C=N–C) groups is 1. The van der Waals surface area contributed by atoms with E-state index in [1.807, 2.05) is 0 Å². The second-order valence-electron chi connectivity index (χ2n) is 5.62. The molecule has 1 heterocycles. The molecule has 2 aliphatic carbocycles. The maximum Gasteiger partial charge on any atom is 0.188 e. The van der Waals surface area contributed by atoms with Crippen LogP contribution >= 0.6 is 24.0 Å². The number of halogens is 1. The Bertz CT molecular complexity index is 468. The lowest BCUT2D eigenvalue weighted by Crippen LogP contribution is -2.37. The molecular weight excluding hydrogens is 367 g/mol. The first-order valence-corrected chi connectivity index (χ1v) is 7.33. The van der Waals surface area contributed by atoms with E-state index < -0.39 is 0 Å². The number of guanidine groups is 1. The Kier molecular flexibility index (Phi) is 5.68. The van der Waals surface area contributed by atoms with Crippen LogP contribution < -0.4 is 11.1 Å². The normalized spacial score (nSPS) is 18.9. The third kappa shape index (κ3) is 3.65. The minimum absolute atomic E-state index is 0. The van der Waals surface area contributed by atoms with Gasteiger partial charge in [-0.15, -0.1) is 24.0 Å². The fourth-order valence-electron chi connectivity index (χ4n) is 2.73. The molecule has 0 radical (unpaired) electrons. The smallest absolute Gasteiger partial charge is 0.188 e. The van der Waals surface area contributed by atoms with Crippen LogP contribution in [0.4, 0.5) is 0 Å². The predicted molar refractivity (Wildman–Crippen MR) is 89.2 cm³/mol. The van der Waals surface area contributed by atoms with Gasteiger partial charge in [0, 0.05) is 18.5 Å². The van der Waals surface area contributed by atoms with Gasteiger partial charge >= 0.3 is 0 Å². The van der Waals surface area contributed by atoms with Crippen molar-refractivity contribution in [1.29, 1.82) is 0 Å². The first kappa shape index (κ1) is 15.6. The van der Waals surface area contributed by atoms with Crippen LogP contribution in [-0.4, -0.2) is 17.7 Å². The zero-order chi connectivity index (χ0) is 13.1. The minimum Gasteiger partial charge on any atom is -0.370 e. The van der Waals surface area contributed by atoms with Gasteiger partial charge in [0.1, 0.15) is 11.5 Å². The first-order chi connectivity index (χ1) is 9.33. The SMILES string of the molecule is I.NC(=NCc1noc2c1CCCC2)NCC1CCC1. The summed E-state index contributed by atoms with van der Waals surface area (Å²) in [5.41, 5.74) is 8.10. The number of hydrogen-bond acceptors (Lipinski definition) is 3. The molecule has 6 heteroatoms. The molecule has 3 rings (SSSR count). The first-order valence-electron chi connectivity index (χ1n) is 7.33. The van der Waals surface area contributed by atoms with Crippen molar-refractivity contribution in [1.82, 2.24) is 10.5 Å². The maximum atomic E-state index is 5.87. The number of nitrogens with two attached hydrogens (primary N) is 1. The Morgan fingerprint density at radius 3 is 2.85 bits per heavy atom. The van der Waals surface area contributed by atoms with Crippen LogP contribution in [0.15, 0.2) is 9.52 Å². The zero-order valence-corrected chi connectivity index (χ0v) is 14.1. The highest BCUT2D eigenvalue weighted by Gasteiger charge is 2.19. The summed E-state index contributed by atoms with van der Waals surface area (Å²) < 4.78 is 5.36. The fraction of sp³-hybridized carbons (Fsp3) is 0.714. The summed E-state index contributed by atoms with van der Waals surface area (Å²) >= 11 is 0. The molecule has 0 saturated heterocycles. The lowest BCUT2D eigenvalue weighted by Gasteiger charge is -2.25. The van der Waals surface area contributed by atoms with Crippen molar-refractivity contribution in [2.45, 2.75) is 51.5 Å². The third-order valence-corrected chi connectivity index (χ3v) is 4.23. The molecule has 1 saturated carbocycles. The summed E-state index contributed by atoms with van der Waals surface area (Å²) in [4.78, 5) is 4.37. The van der Waals surface area contributed by atoms with Gasteiger partial charge in [0.15, 0.2) is 5.96 Å². The Labute approximate surface area is 136 Å². The number of rotatable bonds is 4. The molecule has 5 nitrogen and oxygen atoms in total. The van der Waals surface area contributed by atoms with E-state index in [-0.39, 0.29) is 24.0 Å². The van der Waals surface area contributed by atoms with Gasteiger partial charge in [-0.05, 0) is 38.0 Å². The van der Waals surface area contributed by atoms with Crippen LogP contribution in [0.3, 0.4) is 0 Å².